The van der Waals surface area contributed by atoms with Gasteiger partial charge in [-0.05, 0) is 6.42 Å². The molecule has 12 heteroatoms. The van der Waals surface area contributed by atoms with Crippen LogP contribution in [0.25, 0.3) is 0 Å². The maximum Gasteiger partial charge on any atom is 0.530 e. The molecule has 178 valence electrons. The maximum atomic E-state index is 5.72. The van der Waals surface area contributed by atoms with Gasteiger partial charge in [-0.3, -0.25) is 0 Å². The van der Waals surface area contributed by atoms with Crippen molar-refractivity contribution < 1.29 is 36.0 Å². The second kappa shape index (κ2) is 21.3. The summed E-state index contributed by atoms with van der Waals surface area (Å²) in [6, 6.07) is 0. The molecule has 29 heavy (non-hydrogen) atoms. The normalized spacial score (nSPS) is 17.8. The van der Waals surface area contributed by atoms with Gasteiger partial charge in [0.25, 0.3) is 0 Å². The second-order valence-corrected chi connectivity index (χ2v) is 11.1. The summed E-state index contributed by atoms with van der Waals surface area (Å²) in [6.07, 6.45) is 5.55. The Labute approximate surface area is 179 Å². The van der Waals surface area contributed by atoms with Crippen LogP contribution in [0.4, 0.5) is 0 Å². The molecule has 0 aromatic heterocycles. The first-order valence-electron chi connectivity index (χ1n) is 9.85. The standard InChI is InChI=1S/C9H20O5Si.C3H10O3Si.C3H6.C2H8N2/c1-5-9(14-7-8-6-13-8)15(10-2,11-3)12-4;1-4-7(5-2)6-3;1-2-3-1;3-1-2-4/h8-9H,5-7H2,1-4H3;7H,1-3H3;1-3H2;1-4H2. The largest absolute Gasteiger partial charge is 0.530 e. The average Bonchev–Trinajstić information content (AvgIpc) is 3.66. The molecule has 0 spiro atoms. The van der Waals surface area contributed by atoms with E-state index in [0.29, 0.717) is 19.7 Å². The van der Waals surface area contributed by atoms with Crippen LogP contribution >= 0.6 is 0 Å². The Balaban J connectivity index is 0. The third-order valence-electron chi connectivity index (χ3n) is 3.60. The highest BCUT2D eigenvalue weighted by atomic mass is 28.4. The maximum absolute atomic E-state index is 5.72. The van der Waals surface area contributed by atoms with Crippen molar-refractivity contribution in [3.63, 3.8) is 0 Å². The predicted octanol–water partition coefficient (Wildman–Crippen LogP) is 0.315. The highest BCUT2D eigenvalue weighted by molar-refractivity contribution is 6.62. The minimum atomic E-state index is -2.66. The number of epoxide rings is 1. The number of hydrogen-bond acceptors (Lipinski definition) is 10. The van der Waals surface area contributed by atoms with E-state index in [2.05, 4.69) is 0 Å². The summed E-state index contributed by atoms with van der Waals surface area (Å²) in [4.78, 5) is 0. The van der Waals surface area contributed by atoms with E-state index in [0.717, 1.165) is 13.0 Å². The van der Waals surface area contributed by atoms with Crippen LogP contribution in [-0.2, 0) is 36.0 Å². The van der Waals surface area contributed by atoms with Gasteiger partial charge < -0.3 is 47.5 Å². The van der Waals surface area contributed by atoms with Gasteiger partial charge >= 0.3 is 18.3 Å². The number of hydrogen-bond donors (Lipinski definition) is 2. The van der Waals surface area contributed by atoms with Crippen LogP contribution in [0, 0.1) is 0 Å². The van der Waals surface area contributed by atoms with E-state index >= 15 is 0 Å². The lowest BCUT2D eigenvalue weighted by molar-refractivity contribution is 0.00651. The molecule has 4 N–H and O–H groups in total. The Morgan fingerprint density at radius 1 is 0.897 bits per heavy atom. The lowest BCUT2D eigenvalue weighted by Gasteiger charge is -2.31. The van der Waals surface area contributed by atoms with Gasteiger partial charge in [0.05, 0.1) is 13.2 Å². The second-order valence-electron chi connectivity index (χ2n) is 6.04. The predicted molar refractivity (Wildman–Crippen MR) is 117 cm³/mol. The van der Waals surface area contributed by atoms with Crippen molar-refractivity contribution in [2.24, 2.45) is 11.5 Å². The van der Waals surface area contributed by atoms with Crippen molar-refractivity contribution in [2.75, 3.05) is 69.0 Å². The Hall–Kier alpha value is 0.0338. The highest BCUT2D eigenvalue weighted by Crippen LogP contribution is 2.20. The lowest BCUT2D eigenvalue weighted by atomic mass is 10.5. The summed E-state index contributed by atoms with van der Waals surface area (Å²) >= 11 is 0. The fraction of sp³-hybridized carbons (Fsp3) is 1.00. The Bertz CT molecular complexity index is 316. The Morgan fingerprint density at radius 2 is 1.31 bits per heavy atom. The molecule has 2 fully saturated rings. The first-order chi connectivity index (χ1) is 14.0. The molecule has 10 nitrogen and oxygen atoms in total. The fourth-order valence-corrected chi connectivity index (χ4v) is 4.46. The molecule has 0 radical (unpaired) electrons. The van der Waals surface area contributed by atoms with Gasteiger partial charge in [-0.2, -0.15) is 0 Å². The molecule has 1 aliphatic heterocycles. The van der Waals surface area contributed by atoms with Crippen LogP contribution in [0.5, 0.6) is 0 Å². The lowest BCUT2D eigenvalue weighted by Crippen LogP contribution is -2.55. The number of nitrogens with two attached hydrogens (primary N) is 2. The third-order valence-corrected chi connectivity index (χ3v) is 7.83. The molecular formula is C17H44N2O8Si2. The summed E-state index contributed by atoms with van der Waals surface area (Å²) in [5.41, 5.74) is 9.68. The smallest absolute Gasteiger partial charge is 0.379 e. The van der Waals surface area contributed by atoms with Crippen LogP contribution in [0.3, 0.4) is 0 Å². The van der Waals surface area contributed by atoms with E-state index in [1.165, 1.54) is 19.3 Å². The van der Waals surface area contributed by atoms with Crippen LogP contribution in [0.2, 0.25) is 0 Å². The van der Waals surface area contributed by atoms with E-state index in [4.69, 9.17) is 47.5 Å². The van der Waals surface area contributed by atoms with Crippen LogP contribution in [0.1, 0.15) is 32.6 Å². The zero-order valence-corrected chi connectivity index (χ0v) is 21.5. The van der Waals surface area contributed by atoms with Crippen molar-refractivity contribution in [1.82, 2.24) is 0 Å². The van der Waals surface area contributed by atoms with Crippen molar-refractivity contribution in [3.8, 4) is 0 Å². The monoisotopic (exact) mass is 460 g/mol. The van der Waals surface area contributed by atoms with Gasteiger partial charge in [-0.1, -0.05) is 26.2 Å². The van der Waals surface area contributed by atoms with Crippen LogP contribution in [0.15, 0.2) is 0 Å². The summed E-state index contributed by atoms with van der Waals surface area (Å²) in [7, 11) is 5.17. The Morgan fingerprint density at radius 3 is 1.48 bits per heavy atom. The number of rotatable bonds is 12. The van der Waals surface area contributed by atoms with Gasteiger partial charge in [-0.15, -0.1) is 0 Å². The van der Waals surface area contributed by atoms with Crippen molar-refractivity contribution >= 4 is 18.3 Å². The van der Waals surface area contributed by atoms with E-state index in [-0.39, 0.29) is 11.8 Å². The molecule has 0 aromatic rings. The molecule has 0 bridgehead atoms. The molecule has 1 saturated carbocycles. The average molecular weight is 461 g/mol. The molecule has 0 aromatic carbocycles. The van der Waals surface area contributed by atoms with E-state index in [1.54, 1.807) is 42.7 Å². The van der Waals surface area contributed by atoms with E-state index < -0.39 is 18.3 Å². The molecule has 1 aliphatic carbocycles. The molecule has 0 amide bonds. The van der Waals surface area contributed by atoms with Gasteiger partial charge in [0, 0.05) is 55.7 Å². The Kier molecular flexibility index (Phi) is 22.9. The van der Waals surface area contributed by atoms with E-state index in [9.17, 15) is 0 Å². The van der Waals surface area contributed by atoms with Gasteiger partial charge in [-0.25, -0.2) is 0 Å². The van der Waals surface area contributed by atoms with E-state index in [1.807, 2.05) is 6.92 Å². The summed E-state index contributed by atoms with van der Waals surface area (Å²) in [5, 5.41) is 0. The van der Waals surface area contributed by atoms with Gasteiger partial charge in [0.2, 0.25) is 0 Å². The van der Waals surface area contributed by atoms with Gasteiger partial charge in [0.15, 0.2) is 0 Å². The quantitative estimate of drug-likeness (QED) is 0.310. The molecule has 2 aliphatic rings. The summed E-state index contributed by atoms with van der Waals surface area (Å²) < 4.78 is 41.1. The number of ether oxygens (including phenoxy) is 2. The van der Waals surface area contributed by atoms with Crippen LogP contribution < -0.4 is 11.5 Å². The first-order valence-corrected chi connectivity index (χ1v) is 13.1. The molecule has 1 heterocycles. The topological polar surface area (TPSA) is 129 Å². The summed E-state index contributed by atoms with van der Waals surface area (Å²) in [6.45, 7) is 4.60. The highest BCUT2D eigenvalue weighted by Gasteiger charge is 2.48. The minimum Gasteiger partial charge on any atom is -0.379 e. The third kappa shape index (κ3) is 17.4. The van der Waals surface area contributed by atoms with Crippen molar-refractivity contribution in [3.05, 3.63) is 0 Å². The summed E-state index contributed by atoms with van der Waals surface area (Å²) in [5.74, 6) is 0. The molecular weight excluding hydrogens is 416 g/mol. The zero-order chi connectivity index (χ0) is 22.5. The van der Waals surface area contributed by atoms with Crippen LogP contribution in [-0.4, -0.2) is 99.1 Å². The first kappa shape index (κ1) is 31.2. The molecule has 2 unspecified atom stereocenters. The molecule has 2 rings (SSSR count). The molecule has 1 saturated heterocycles. The van der Waals surface area contributed by atoms with Crippen molar-refractivity contribution in [2.45, 2.75) is 44.4 Å². The zero-order valence-electron chi connectivity index (χ0n) is 19.3. The van der Waals surface area contributed by atoms with Crippen molar-refractivity contribution in [1.29, 1.82) is 0 Å². The SMILES string of the molecule is C1CC1.CCC(OCC1CO1)[Si](OC)(OC)OC.CO[SiH](OC)OC.NCCN. The minimum absolute atomic E-state index is 0.123. The molecule has 2 atom stereocenters. The fourth-order valence-electron chi connectivity index (χ4n) is 1.79. The van der Waals surface area contributed by atoms with Gasteiger partial charge in [0.1, 0.15) is 11.8 Å².